The van der Waals surface area contributed by atoms with Gasteiger partial charge in [0.05, 0.1) is 0 Å². The minimum absolute atomic E-state index is 0.00147. The van der Waals surface area contributed by atoms with E-state index in [1.165, 1.54) is 25.1 Å². The number of esters is 2. The Morgan fingerprint density at radius 1 is 0.778 bits per heavy atom. The molecule has 0 saturated heterocycles. The van der Waals surface area contributed by atoms with Crippen LogP contribution in [0.1, 0.15) is 19.4 Å². The Kier molecular flexibility index (Phi) is 8.38. The maximum Gasteiger partial charge on any atom is 0.338 e. The monoisotopic (exact) mass is 492 g/mol. The third kappa shape index (κ3) is 6.44. The first-order valence-electron chi connectivity index (χ1n) is 11.1. The van der Waals surface area contributed by atoms with Gasteiger partial charge in [-0.1, -0.05) is 31.4 Å². The van der Waals surface area contributed by atoms with E-state index in [0.29, 0.717) is 28.0 Å². The molecule has 0 unspecified atom stereocenters. The smallest absolute Gasteiger partial charge is 0.338 e. The normalized spacial score (nSPS) is 10.5. The van der Waals surface area contributed by atoms with Gasteiger partial charge in [-0.05, 0) is 67.8 Å². The summed E-state index contributed by atoms with van der Waals surface area (Å²) >= 11 is 0. The lowest BCUT2D eigenvalue weighted by Crippen LogP contribution is -2.12. The van der Waals surface area contributed by atoms with Crippen molar-refractivity contribution in [3.8, 4) is 33.8 Å². The highest BCUT2D eigenvalue weighted by Crippen LogP contribution is 2.32. The Balaban J connectivity index is 1.73. The van der Waals surface area contributed by atoms with Crippen LogP contribution >= 0.6 is 0 Å². The minimum atomic E-state index is -0.585. The second-order valence-electron chi connectivity index (χ2n) is 8.25. The van der Waals surface area contributed by atoms with E-state index >= 15 is 4.39 Å². The molecule has 36 heavy (non-hydrogen) atoms. The number of rotatable bonds is 9. The van der Waals surface area contributed by atoms with Gasteiger partial charge >= 0.3 is 11.9 Å². The van der Waals surface area contributed by atoms with Crippen molar-refractivity contribution < 1.29 is 32.6 Å². The van der Waals surface area contributed by atoms with Gasteiger partial charge < -0.3 is 14.2 Å². The lowest BCUT2D eigenvalue weighted by molar-refractivity contribution is -0.139. The average Bonchev–Trinajstić information content (AvgIpc) is 2.82. The number of benzene rings is 3. The van der Waals surface area contributed by atoms with E-state index in [1.54, 1.807) is 50.2 Å². The summed E-state index contributed by atoms with van der Waals surface area (Å²) in [5, 5.41) is 0. The van der Waals surface area contributed by atoms with Crippen LogP contribution in [0.5, 0.6) is 11.5 Å². The topological polar surface area (TPSA) is 61.8 Å². The highest BCUT2D eigenvalue weighted by Gasteiger charge is 2.14. The van der Waals surface area contributed by atoms with Crippen molar-refractivity contribution in [2.45, 2.75) is 20.8 Å². The first-order valence-corrected chi connectivity index (χ1v) is 11.1. The molecule has 0 aromatic heterocycles. The average molecular weight is 493 g/mol. The van der Waals surface area contributed by atoms with Gasteiger partial charge in [0.1, 0.15) is 36.3 Å². The lowest BCUT2D eigenvalue weighted by atomic mass is 9.98. The molecule has 7 heteroatoms. The molecule has 0 fully saturated rings. The molecule has 0 N–H and O–H groups in total. The Hall–Kier alpha value is -4.26. The summed E-state index contributed by atoms with van der Waals surface area (Å²) in [6, 6.07) is 13.6. The van der Waals surface area contributed by atoms with E-state index in [0.717, 1.165) is 0 Å². The van der Waals surface area contributed by atoms with Gasteiger partial charge in [0.15, 0.2) is 0 Å². The first-order chi connectivity index (χ1) is 17.1. The number of aryl methyl sites for hydroxylation is 1. The van der Waals surface area contributed by atoms with E-state index in [-0.39, 0.29) is 35.7 Å². The second-order valence-corrected chi connectivity index (χ2v) is 8.25. The van der Waals surface area contributed by atoms with Gasteiger partial charge in [0.25, 0.3) is 0 Å². The van der Waals surface area contributed by atoms with Gasteiger partial charge in [0.2, 0.25) is 0 Å². The predicted molar refractivity (Wildman–Crippen MR) is 134 cm³/mol. The maximum absolute atomic E-state index is 15.0. The Morgan fingerprint density at radius 3 is 1.94 bits per heavy atom. The van der Waals surface area contributed by atoms with Gasteiger partial charge in [0, 0.05) is 28.3 Å². The quantitative estimate of drug-likeness (QED) is 0.146. The molecule has 0 spiro atoms. The van der Waals surface area contributed by atoms with Crippen molar-refractivity contribution in [1.29, 1.82) is 0 Å². The van der Waals surface area contributed by atoms with Crippen LogP contribution in [0.4, 0.5) is 8.78 Å². The van der Waals surface area contributed by atoms with Crippen molar-refractivity contribution in [2.24, 2.45) is 0 Å². The molecule has 0 aliphatic heterocycles. The van der Waals surface area contributed by atoms with Gasteiger partial charge in [-0.2, -0.15) is 0 Å². The Labute approximate surface area is 208 Å². The van der Waals surface area contributed by atoms with Crippen LogP contribution in [0.3, 0.4) is 0 Å². The van der Waals surface area contributed by atoms with Crippen LogP contribution in [0.15, 0.2) is 78.9 Å². The molecule has 186 valence electrons. The third-order valence-corrected chi connectivity index (χ3v) is 5.19. The summed E-state index contributed by atoms with van der Waals surface area (Å²) in [6.07, 6.45) is 0. The molecule has 0 aliphatic carbocycles. The molecule has 0 aliphatic rings. The summed E-state index contributed by atoms with van der Waals surface area (Å²) in [4.78, 5) is 23.1. The Bertz CT molecular complexity index is 1340. The molecule has 0 heterocycles. The molecule has 5 nitrogen and oxygen atoms in total. The summed E-state index contributed by atoms with van der Waals surface area (Å²) < 4.78 is 45.4. The molecule has 0 saturated carbocycles. The fraction of sp³-hybridized carbons (Fsp3) is 0.172. The number of carbonyl (C=O) groups is 2. The van der Waals surface area contributed by atoms with Crippen LogP contribution in [-0.4, -0.2) is 25.2 Å². The van der Waals surface area contributed by atoms with Crippen LogP contribution in [0.25, 0.3) is 22.3 Å². The predicted octanol–water partition coefficient (Wildman–Crippen LogP) is 6.59. The molecule has 3 rings (SSSR count). The summed E-state index contributed by atoms with van der Waals surface area (Å²) in [5.41, 5.74) is 2.68. The zero-order chi connectivity index (χ0) is 26.4. The van der Waals surface area contributed by atoms with Crippen molar-refractivity contribution in [2.75, 3.05) is 13.2 Å². The van der Waals surface area contributed by atoms with Crippen LogP contribution < -0.4 is 9.47 Å². The number of hydrogen-bond donors (Lipinski definition) is 0. The molecule has 0 amide bonds. The van der Waals surface area contributed by atoms with E-state index in [1.807, 2.05) is 0 Å². The van der Waals surface area contributed by atoms with Crippen LogP contribution in [0, 0.1) is 18.6 Å². The summed E-state index contributed by atoms with van der Waals surface area (Å²) in [6.45, 7) is 11.9. The molecule has 3 aromatic carbocycles. The third-order valence-electron chi connectivity index (χ3n) is 5.19. The van der Waals surface area contributed by atoms with Gasteiger partial charge in [-0.15, -0.1) is 0 Å². The Morgan fingerprint density at radius 2 is 1.36 bits per heavy atom. The maximum atomic E-state index is 15.0. The lowest BCUT2D eigenvalue weighted by Gasteiger charge is -2.12. The second kappa shape index (κ2) is 11.4. The fourth-order valence-corrected chi connectivity index (χ4v) is 3.27. The van der Waals surface area contributed by atoms with Crippen LogP contribution in [0.2, 0.25) is 0 Å². The van der Waals surface area contributed by atoms with E-state index < -0.39 is 23.6 Å². The van der Waals surface area contributed by atoms with E-state index in [9.17, 15) is 14.0 Å². The first kappa shape index (κ1) is 26.3. The van der Waals surface area contributed by atoms with E-state index in [2.05, 4.69) is 13.2 Å². The molecule has 0 radical (unpaired) electrons. The molecular weight excluding hydrogens is 466 g/mol. The van der Waals surface area contributed by atoms with E-state index in [4.69, 9.17) is 14.2 Å². The minimum Gasteiger partial charge on any atom is -0.490 e. The highest BCUT2D eigenvalue weighted by molar-refractivity contribution is 5.89. The largest absolute Gasteiger partial charge is 0.490 e. The molecule has 0 atom stereocenters. The SMILES string of the molecule is C=C(C)C(=O)OCCOc1ccc(-c2ccc(-c3ccc(OC(=O)C(=C)C)c(C)c3)c(F)c2)c(F)c1. The zero-order valence-corrected chi connectivity index (χ0v) is 20.3. The van der Waals surface area contributed by atoms with Crippen molar-refractivity contribution in [3.05, 3.63) is 96.1 Å². The highest BCUT2D eigenvalue weighted by atomic mass is 19.1. The van der Waals surface area contributed by atoms with Crippen LogP contribution in [-0.2, 0) is 14.3 Å². The molecular formula is C29H26F2O5. The standard InChI is InChI=1S/C29H26F2O5/c1-17(2)28(32)35-13-12-34-22-8-10-24(26(31)16-22)21-6-9-23(25(30)15-21)20-7-11-27(19(5)14-20)36-29(33)18(3)4/h6-11,14-16H,1,3,12-13H2,2,4-5H3. The number of carbonyl (C=O) groups excluding carboxylic acids is 2. The van der Waals surface area contributed by atoms with Gasteiger partial charge in [-0.3, -0.25) is 0 Å². The zero-order valence-electron chi connectivity index (χ0n) is 20.3. The summed E-state index contributed by atoms with van der Waals surface area (Å²) in [7, 11) is 0. The number of halogens is 2. The molecule has 0 bridgehead atoms. The number of hydrogen-bond acceptors (Lipinski definition) is 5. The van der Waals surface area contributed by atoms with Crippen molar-refractivity contribution in [3.63, 3.8) is 0 Å². The van der Waals surface area contributed by atoms with Crippen molar-refractivity contribution in [1.82, 2.24) is 0 Å². The summed E-state index contributed by atoms with van der Waals surface area (Å²) in [5.74, 6) is -1.56. The molecule has 3 aromatic rings. The fourth-order valence-electron chi connectivity index (χ4n) is 3.27. The van der Waals surface area contributed by atoms with Crippen molar-refractivity contribution >= 4 is 11.9 Å². The number of ether oxygens (including phenoxy) is 3. The van der Waals surface area contributed by atoms with Gasteiger partial charge in [-0.25, -0.2) is 18.4 Å².